The zero-order valence-corrected chi connectivity index (χ0v) is 12.3. The minimum atomic E-state index is 0.420. The van der Waals surface area contributed by atoms with Crippen molar-refractivity contribution in [3.63, 3.8) is 0 Å². The Balaban J connectivity index is 1.40. The van der Waals surface area contributed by atoms with Gasteiger partial charge < -0.3 is 11.1 Å². The highest BCUT2D eigenvalue weighted by molar-refractivity contribution is 5.14. The van der Waals surface area contributed by atoms with Gasteiger partial charge >= 0.3 is 0 Å². The second kappa shape index (κ2) is 6.70. The first-order valence-electron chi connectivity index (χ1n) is 8.08. The first kappa shape index (κ1) is 14.1. The maximum Gasteiger partial charge on any atom is 0.0208 e. The number of hydrogen-bond acceptors (Lipinski definition) is 3. The molecule has 0 aromatic heterocycles. The summed E-state index contributed by atoms with van der Waals surface area (Å²) >= 11 is 0. The Morgan fingerprint density at radius 2 is 1.80 bits per heavy atom. The van der Waals surface area contributed by atoms with Crippen LogP contribution in [-0.4, -0.2) is 36.1 Å². The molecule has 0 spiro atoms. The van der Waals surface area contributed by atoms with Gasteiger partial charge in [-0.15, -0.1) is 0 Å². The lowest BCUT2D eigenvalue weighted by atomic mass is 9.90. The highest BCUT2D eigenvalue weighted by Crippen LogP contribution is 2.26. The molecule has 0 radical (unpaired) electrons. The van der Waals surface area contributed by atoms with E-state index in [1.54, 1.807) is 0 Å². The standard InChI is InChI=1S/C17H27N3/c18-15-10-11-20(13-15)17-8-6-16(7-9-17)19-12-14-4-2-1-3-5-14/h1-5,15-17,19H,6-13,18H2. The Labute approximate surface area is 122 Å². The summed E-state index contributed by atoms with van der Waals surface area (Å²) in [6.45, 7) is 3.34. The first-order valence-corrected chi connectivity index (χ1v) is 8.08. The van der Waals surface area contributed by atoms with Crippen molar-refractivity contribution < 1.29 is 0 Å². The molecule has 1 atom stereocenters. The SMILES string of the molecule is NC1CCN(C2CCC(NCc3ccccc3)CC2)C1. The van der Waals surface area contributed by atoms with Gasteiger partial charge in [0.1, 0.15) is 0 Å². The van der Waals surface area contributed by atoms with E-state index in [4.69, 9.17) is 5.73 Å². The van der Waals surface area contributed by atoms with Gasteiger partial charge in [-0.1, -0.05) is 30.3 Å². The highest BCUT2D eigenvalue weighted by Gasteiger charge is 2.29. The summed E-state index contributed by atoms with van der Waals surface area (Å²) in [6.07, 6.45) is 6.47. The quantitative estimate of drug-likeness (QED) is 0.883. The summed E-state index contributed by atoms with van der Waals surface area (Å²) in [5.74, 6) is 0. The molecule has 3 N–H and O–H groups in total. The molecule has 1 saturated heterocycles. The molecule has 1 aromatic carbocycles. The van der Waals surface area contributed by atoms with Crippen LogP contribution in [0.1, 0.15) is 37.7 Å². The lowest BCUT2D eigenvalue weighted by Gasteiger charge is -2.35. The average molecular weight is 273 g/mol. The van der Waals surface area contributed by atoms with Gasteiger partial charge in [-0.05, 0) is 37.7 Å². The molecule has 3 rings (SSSR count). The van der Waals surface area contributed by atoms with E-state index in [1.807, 2.05) is 0 Å². The zero-order valence-electron chi connectivity index (χ0n) is 12.3. The second-order valence-corrected chi connectivity index (χ2v) is 6.42. The van der Waals surface area contributed by atoms with Gasteiger partial charge in [0.2, 0.25) is 0 Å². The van der Waals surface area contributed by atoms with Crippen molar-refractivity contribution in [2.24, 2.45) is 5.73 Å². The maximum absolute atomic E-state index is 6.02. The minimum absolute atomic E-state index is 0.420. The van der Waals surface area contributed by atoms with Gasteiger partial charge in [0.05, 0.1) is 0 Å². The number of likely N-dealkylation sites (tertiary alicyclic amines) is 1. The molecule has 3 nitrogen and oxygen atoms in total. The van der Waals surface area contributed by atoms with E-state index in [0.29, 0.717) is 12.1 Å². The third kappa shape index (κ3) is 3.60. The molecule has 2 aliphatic rings. The Kier molecular flexibility index (Phi) is 4.71. The van der Waals surface area contributed by atoms with Gasteiger partial charge in [0.15, 0.2) is 0 Å². The van der Waals surface area contributed by atoms with Crippen LogP contribution in [-0.2, 0) is 6.54 Å². The molecule has 0 bridgehead atoms. The fourth-order valence-electron chi connectivity index (χ4n) is 3.65. The molecule has 20 heavy (non-hydrogen) atoms. The van der Waals surface area contributed by atoms with E-state index in [2.05, 4.69) is 40.5 Å². The number of hydrogen-bond donors (Lipinski definition) is 2. The highest BCUT2D eigenvalue weighted by atomic mass is 15.2. The summed E-state index contributed by atoms with van der Waals surface area (Å²) in [6, 6.07) is 12.6. The molecule has 1 saturated carbocycles. The Hall–Kier alpha value is -0.900. The van der Waals surface area contributed by atoms with Gasteiger partial charge in [-0.2, -0.15) is 0 Å². The molecule has 1 heterocycles. The molecule has 1 aliphatic heterocycles. The largest absolute Gasteiger partial charge is 0.326 e. The Morgan fingerprint density at radius 3 is 2.45 bits per heavy atom. The molecule has 110 valence electrons. The second-order valence-electron chi connectivity index (χ2n) is 6.42. The van der Waals surface area contributed by atoms with Crippen LogP contribution in [0.4, 0.5) is 0 Å². The van der Waals surface area contributed by atoms with Crippen molar-refractivity contribution in [2.45, 2.75) is 56.8 Å². The number of benzene rings is 1. The maximum atomic E-state index is 6.02. The molecular formula is C17H27N3. The van der Waals surface area contributed by atoms with Crippen LogP contribution in [0, 0.1) is 0 Å². The number of rotatable bonds is 4. The Bertz CT molecular complexity index is 398. The summed E-state index contributed by atoms with van der Waals surface area (Å²) in [5.41, 5.74) is 7.41. The van der Waals surface area contributed by atoms with E-state index in [9.17, 15) is 0 Å². The lowest BCUT2D eigenvalue weighted by molar-refractivity contribution is 0.171. The molecule has 1 aliphatic carbocycles. The molecular weight excluding hydrogens is 246 g/mol. The van der Waals surface area contributed by atoms with Crippen molar-refractivity contribution in [3.8, 4) is 0 Å². The van der Waals surface area contributed by atoms with E-state index < -0.39 is 0 Å². The van der Waals surface area contributed by atoms with Crippen molar-refractivity contribution in [1.29, 1.82) is 0 Å². The zero-order chi connectivity index (χ0) is 13.8. The van der Waals surface area contributed by atoms with Crippen molar-refractivity contribution in [3.05, 3.63) is 35.9 Å². The van der Waals surface area contributed by atoms with Crippen LogP contribution in [0.3, 0.4) is 0 Å². The van der Waals surface area contributed by atoms with Gasteiger partial charge in [0.25, 0.3) is 0 Å². The van der Waals surface area contributed by atoms with Crippen molar-refractivity contribution in [2.75, 3.05) is 13.1 Å². The van der Waals surface area contributed by atoms with Crippen LogP contribution in [0.25, 0.3) is 0 Å². The molecule has 1 aromatic rings. The summed E-state index contributed by atoms with van der Waals surface area (Å²) in [4.78, 5) is 2.62. The normalized spacial score (nSPS) is 31.6. The van der Waals surface area contributed by atoms with Crippen LogP contribution >= 0.6 is 0 Å². The summed E-state index contributed by atoms with van der Waals surface area (Å²) < 4.78 is 0. The van der Waals surface area contributed by atoms with Gasteiger partial charge in [-0.3, -0.25) is 4.90 Å². The molecule has 3 heteroatoms. The monoisotopic (exact) mass is 273 g/mol. The molecule has 1 unspecified atom stereocenters. The van der Waals surface area contributed by atoms with Crippen molar-refractivity contribution in [1.82, 2.24) is 10.2 Å². The number of nitrogens with two attached hydrogens (primary N) is 1. The predicted molar refractivity (Wildman–Crippen MR) is 83.5 cm³/mol. The van der Waals surface area contributed by atoms with Crippen LogP contribution in [0.2, 0.25) is 0 Å². The van der Waals surface area contributed by atoms with Crippen LogP contribution in [0.15, 0.2) is 30.3 Å². The fraction of sp³-hybridized carbons (Fsp3) is 0.647. The smallest absolute Gasteiger partial charge is 0.0208 e. The van der Waals surface area contributed by atoms with Crippen molar-refractivity contribution >= 4 is 0 Å². The van der Waals surface area contributed by atoms with E-state index in [0.717, 1.165) is 19.1 Å². The molecule has 0 amide bonds. The Morgan fingerprint density at radius 1 is 1.05 bits per heavy atom. The average Bonchev–Trinajstić information content (AvgIpc) is 2.93. The van der Waals surface area contributed by atoms with E-state index in [1.165, 1.54) is 44.2 Å². The van der Waals surface area contributed by atoms with E-state index in [-0.39, 0.29) is 0 Å². The van der Waals surface area contributed by atoms with E-state index >= 15 is 0 Å². The lowest BCUT2D eigenvalue weighted by Crippen LogP contribution is -2.42. The predicted octanol–water partition coefficient (Wildman–Crippen LogP) is 2.12. The molecule has 2 fully saturated rings. The third-order valence-corrected chi connectivity index (χ3v) is 4.91. The summed E-state index contributed by atoms with van der Waals surface area (Å²) in [5, 5.41) is 3.71. The van der Waals surface area contributed by atoms with Crippen LogP contribution in [0.5, 0.6) is 0 Å². The third-order valence-electron chi connectivity index (χ3n) is 4.91. The van der Waals surface area contributed by atoms with Gasteiger partial charge in [-0.25, -0.2) is 0 Å². The topological polar surface area (TPSA) is 41.3 Å². The van der Waals surface area contributed by atoms with Gasteiger partial charge in [0, 0.05) is 37.8 Å². The van der Waals surface area contributed by atoms with Crippen LogP contribution < -0.4 is 11.1 Å². The minimum Gasteiger partial charge on any atom is -0.326 e. The number of nitrogens with one attached hydrogen (secondary N) is 1. The fourth-order valence-corrected chi connectivity index (χ4v) is 3.65. The summed E-state index contributed by atoms with van der Waals surface area (Å²) in [7, 11) is 0. The first-order chi connectivity index (χ1) is 9.81. The number of nitrogens with zero attached hydrogens (tertiary/aromatic N) is 1.